The van der Waals surface area contributed by atoms with E-state index in [1.165, 1.54) is 6.07 Å². The Morgan fingerprint density at radius 1 is 1.42 bits per heavy atom. The van der Waals surface area contributed by atoms with Gasteiger partial charge in [0.2, 0.25) is 0 Å². The summed E-state index contributed by atoms with van der Waals surface area (Å²) in [5, 5.41) is 15.3. The van der Waals surface area contributed by atoms with E-state index in [4.69, 9.17) is 10.8 Å². The van der Waals surface area contributed by atoms with Crippen LogP contribution in [-0.2, 0) is 11.8 Å². The first-order valence-corrected chi connectivity index (χ1v) is 7.29. The molecule has 0 saturated heterocycles. The molecule has 1 heterocycles. The van der Waals surface area contributed by atoms with Crippen LogP contribution in [0.5, 0.6) is 0 Å². The molecule has 1 aromatic heterocycles. The molecule has 0 bridgehead atoms. The number of nitrogens with zero attached hydrogens (tertiary/aromatic N) is 2. The van der Waals surface area contributed by atoms with E-state index in [1.807, 2.05) is 6.92 Å². The number of amides is 1. The van der Waals surface area contributed by atoms with Crippen molar-refractivity contribution in [1.29, 1.82) is 0 Å². The SMILES string of the molecule is Cc1nn(C)c(C)c1-c1cccc(C(=O)NC[C@@H](N)C(=O)O)c1F. The Kier molecular flexibility index (Phi) is 4.99. The van der Waals surface area contributed by atoms with Crippen molar-refractivity contribution in [3.05, 3.63) is 41.0 Å². The zero-order valence-electron chi connectivity index (χ0n) is 13.6. The normalized spacial score (nSPS) is 12.0. The molecule has 8 heteroatoms. The highest BCUT2D eigenvalue weighted by Crippen LogP contribution is 2.30. The molecule has 1 aromatic carbocycles. The van der Waals surface area contributed by atoms with Crippen molar-refractivity contribution in [3.63, 3.8) is 0 Å². The minimum atomic E-state index is -1.25. The summed E-state index contributed by atoms with van der Waals surface area (Å²) in [5.41, 5.74) is 7.48. The molecule has 0 aliphatic heterocycles. The van der Waals surface area contributed by atoms with Gasteiger partial charge in [0.05, 0.1) is 11.3 Å². The Hall–Kier alpha value is -2.74. The number of carboxylic acids is 1. The molecular formula is C16H19FN4O3. The summed E-state index contributed by atoms with van der Waals surface area (Å²) in [5.74, 6) is -2.64. The van der Waals surface area contributed by atoms with Crippen molar-refractivity contribution in [1.82, 2.24) is 15.1 Å². The van der Waals surface area contributed by atoms with E-state index in [1.54, 1.807) is 30.8 Å². The molecule has 2 aromatic rings. The van der Waals surface area contributed by atoms with E-state index in [0.29, 0.717) is 11.3 Å². The predicted molar refractivity (Wildman–Crippen MR) is 86.0 cm³/mol. The van der Waals surface area contributed by atoms with Crippen LogP contribution in [0.2, 0.25) is 0 Å². The fourth-order valence-corrected chi connectivity index (χ4v) is 2.45. The number of hydrogen-bond donors (Lipinski definition) is 3. The summed E-state index contributed by atoms with van der Waals surface area (Å²) in [7, 11) is 1.76. The van der Waals surface area contributed by atoms with Gasteiger partial charge in [0.25, 0.3) is 5.91 Å². The van der Waals surface area contributed by atoms with E-state index in [-0.39, 0.29) is 17.7 Å². The van der Waals surface area contributed by atoms with Crippen LogP contribution >= 0.6 is 0 Å². The molecular weight excluding hydrogens is 315 g/mol. The van der Waals surface area contributed by atoms with E-state index >= 15 is 0 Å². The average Bonchev–Trinajstić information content (AvgIpc) is 2.77. The lowest BCUT2D eigenvalue weighted by Crippen LogP contribution is -2.42. The number of nitrogens with two attached hydrogens (primary N) is 1. The maximum absolute atomic E-state index is 14.8. The van der Waals surface area contributed by atoms with Crippen LogP contribution in [0, 0.1) is 19.7 Å². The van der Waals surface area contributed by atoms with Crippen LogP contribution in [0.4, 0.5) is 4.39 Å². The number of aryl methyl sites for hydroxylation is 2. The molecule has 1 amide bonds. The highest BCUT2D eigenvalue weighted by atomic mass is 19.1. The number of halogens is 1. The van der Waals surface area contributed by atoms with Gasteiger partial charge in [0.15, 0.2) is 0 Å². The number of carboxylic acid groups (broad SMARTS) is 1. The number of nitrogens with one attached hydrogen (secondary N) is 1. The summed E-state index contributed by atoms with van der Waals surface area (Å²) in [6.45, 7) is 3.29. The second-order valence-electron chi connectivity index (χ2n) is 5.49. The van der Waals surface area contributed by atoms with Gasteiger partial charge in [-0.3, -0.25) is 14.3 Å². The lowest BCUT2D eigenvalue weighted by molar-refractivity contribution is -0.138. The first kappa shape index (κ1) is 17.6. The number of hydrogen-bond acceptors (Lipinski definition) is 4. The van der Waals surface area contributed by atoms with Gasteiger partial charge in [-0.05, 0) is 19.9 Å². The van der Waals surface area contributed by atoms with Crippen molar-refractivity contribution in [2.45, 2.75) is 19.9 Å². The zero-order valence-corrected chi connectivity index (χ0v) is 13.6. The van der Waals surface area contributed by atoms with Crippen molar-refractivity contribution in [2.75, 3.05) is 6.54 Å². The molecule has 0 saturated carbocycles. The van der Waals surface area contributed by atoms with Gasteiger partial charge >= 0.3 is 5.97 Å². The second kappa shape index (κ2) is 6.79. The van der Waals surface area contributed by atoms with Gasteiger partial charge in [-0.25, -0.2) is 4.39 Å². The molecule has 128 valence electrons. The number of carbonyl (C=O) groups is 2. The molecule has 0 fully saturated rings. The van der Waals surface area contributed by atoms with E-state index in [0.717, 1.165) is 5.69 Å². The van der Waals surface area contributed by atoms with Crippen molar-refractivity contribution in [2.24, 2.45) is 12.8 Å². The van der Waals surface area contributed by atoms with Crippen molar-refractivity contribution < 1.29 is 19.1 Å². The Morgan fingerprint density at radius 2 is 2.08 bits per heavy atom. The summed E-state index contributed by atoms with van der Waals surface area (Å²) < 4.78 is 16.5. The molecule has 7 nitrogen and oxygen atoms in total. The van der Waals surface area contributed by atoms with Crippen LogP contribution in [0.3, 0.4) is 0 Å². The third-order valence-electron chi connectivity index (χ3n) is 3.82. The molecule has 0 aliphatic carbocycles. The van der Waals surface area contributed by atoms with Gasteiger partial charge in [-0.15, -0.1) is 0 Å². The Labute approximate surface area is 138 Å². The van der Waals surface area contributed by atoms with Crippen LogP contribution in [0.15, 0.2) is 18.2 Å². The van der Waals surface area contributed by atoms with Crippen LogP contribution in [-0.4, -0.2) is 39.4 Å². The van der Waals surface area contributed by atoms with Crippen LogP contribution < -0.4 is 11.1 Å². The molecule has 0 spiro atoms. The van der Waals surface area contributed by atoms with Gasteiger partial charge in [-0.1, -0.05) is 12.1 Å². The zero-order chi connectivity index (χ0) is 18.0. The first-order valence-electron chi connectivity index (χ1n) is 7.29. The molecule has 4 N–H and O–H groups in total. The summed E-state index contributed by atoms with van der Waals surface area (Å²) >= 11 is 0. The number of aliphatic carboxylic acids is 1. The minimum absolute atomic E-state index is 0.173. The maximum Gasteiger partial charge on any atom is 0.322 e. The number of rotatable bonds is 5. The van der Waals surface area contributed by atoms with Crippen molar-refractivity contribution >= 4 is 11.9 Å². The first-order chi connectivity index (χ1) is 11.2. The number of benzene rings is 1. The van der Waals surface area contributed by atoms with E-state index in [9.17, 15) is 14.0 Å². The Balaban J connectivity index is 2.34. The Morgan fingerprint density at radius 3 is 2.62 bits per heavy atom. The second-order valence-corrected chi connectivity index (χ2v) is 5.49. The highest BCUT2D eigenvalue weighted by molar-refractivity contribution is 5.96. The number of carbonyl (C=O) groups excluding carboxylic acids is 1. The maximum atomic E-state index is 14.8. The Bertz CT molecular complexity index is 801. The third kappa shape index (κ3) is 3.28. The predicted octanol–water partition coefficient (Wildman–Crippen LogP) is 0.985. The van der Waals surface area contributed by atoms with Crippen molar-refractivity contribution in [3.8, 4) is 11.1 Å². The highest BCUT2D eigenvalue weighted by Gasteiger charge is 2.21. The molecule has 2 rings (SSSR count). The molecule has 1 atom stereocenters. The monoisotopic (exact) mass is 334 g/mol. The van der Waals surface area contributed by atoms with Gasteiger partial charge < -0.3 is 16.2 Å². The standard InChI is InChI=1S/C16H19FN4O3/c1-8-13(9(2)21(3)20-8)10-5-4-6-11(14(10)17)15(22)19-7-12(18)16(23)24/h4-6,12H,7,18H2,1-3H3,(H,19,22)(H,23,24)/t12-/m1/s1. The molecule has 0 radical (unpaired) electrons. The third-order valence-corrected chi connectivity index (χ3v) is 3.82. The smallest absolute Gasteiger partial charge is 0.322 e. The van der Waals surface area contributed by atoms with E-state index < -0.39 is 23.7 Å². The summed E-state index contributed by atoms with van der Waals surface area (Å²) in [6.07, 6.45) is 0. The van der Waals surface area contributed by atoms with Gasteiger partial charge in [0, 0.05) is 30.4 Å². The van der Waals surface area contributed by atoms with E-state index in [2.05, 4.69) is 10.4 Å². The quantitative estimate of drug-likeness (QED) is 0.755. The fraction of sp³-hybridized carbons (Fsp3) is 0.312. The van der Waals surface area contributed by atoms with Crippen LogP contribution in [0.25, 0.3) is 11.1 Å². The summed E-state index contributed by atoms with van der Waals surface area (Å²) in [6, 6.07) is 3.23. The van der Waals surface area contributed by atoms with Gasteiger partial charge in [-0.2, -0.15) is 5.10 Å². The summed E-state index contributed by atoms with van der Waals surface area (Å²) in [4.78, 5) is 22.8. The van der Waals surface area contributed by atoms with Gasteiger partial charge in [0.1, 0.15) is 11.9 Å². The molecule has 0 aliphatic rings. The largest absolute Gasteiger partial charge is 0.480 e. The lowest BCUT2D eigenvalue weighted by Gasteiger charge is -2.11. The lowest BCUT2D eigenvalue weighted by atomic mass is 10.00. The fourth-order valence-electron chi connectivity index (χ4n) is 2.45. The number of aromatic nitrogens is 2. The van der Waals surface area contributed by atoms with Crippen LogP contribution in [0.1, 0.15) is 21.7 Å². The minimum Gasteiger partial charge on any atom is -0.480 e. The molecule has 0 unspecified atom stereocenters. The average molecular weight is 334 g/mol. The molecule has 24 heavy (non-hydrogen) atoms. The topological polar surface area (TPSA) is 110 Å².